The maximum absolute atomic E-state index is 4.64. The van der Waals surface area contributed by atoms with Gasteiger partial charge in [-0.25, -0.2) is 0 Å². The van der Waals surface area contributed by atoms with Crippen LogP contribution in [0.5, 0.6) is 0 Å². The average Bonchev–Trinajstić information content (AvgIpc) is 1.00. The van der Waals surface area contributed by atoms with Gasteiger partial charge >= 0.3 is 0 Å². The molecule has 4 heavy (non-hydrogen) atoms. The largest absolute Gasteiger partial charge is 0.412 e. The summed E-state index contributed by atoms with van der Waals surface area (Å²) in [7, 11) is 0. The van der Waals surface area contributed by atoms with Gasteiger partial charge in [-0.2, -0.15) is 0 Å². The van der Waals surface area contributed by atoms with Crippen LogP contribution in [0.4, 0.5) is 0 Å². The molecule has 3 heteroatoms. The van der Waals surface area contributed by atoms with Gasteiger partial charge in [-0.1, -0.05) is 0 Å². The summed E-state index contributed by atoms with van der Waals surface area (Å²) < 4.78 is 0. The molecule has 0 rings (SSSR count). The predicted molar refractivity (Wildman–Crippen MR) is 19.0 cm³/mol. The maximum atomic E-state index is 4.64. The molecule has 30 valence electrons. The molecule has 4 N–H and O–H groups in total. The van der Waals surface area contributed by atoms with Crippen molar-refractivity contribution in [2.45, 2.75) is 0 Å². The normalized spacial score (nSPS) is 1.50. The summed E-state index contributed by atoms with van der Waals surface area (Å²) in [5, 5.41) is 0. The van der Waals surface area contributed by atoms with Crippen molar-refractivity contribution in [1.29, 1.82) is 0 Å². The lowest BCUT2D eigenvalue weighted by Crippen LogP contribution is -0.852. The first kappa shape index (κ1) is 29.6. The first-order valence-corrected chi connectivity index (χ1v) is 1.13. The third kappa shape index (κ3) is 73.4. The molecule has 0 fully saturated rings. The Morgan fingerprint density at radius 3 is 1.00 bits per heavy atom. The van der Waals surface area contributed by atoms with Crippen LogP contribution < -0.4 is 0 Å². The first-order chi connectivity index (χ1) is 1.00. The van der Waals surface area contributed by atoms with Gasteiger partial charge in [-0.3, -0.25) is 0 Å². The summed E-state index contributed by atoms with van der Waals surface area (Å²) in [6.07, 6.45) is 1.47. The number of rotatable bonds is 0. The monoisotopic (exact) mass is 86.0 g/mol. The van der Waals surface area contributed by atoms with Crippen LogP contribution in [-0.2, 0) is 0 Å². The van der Waals surface area contributed by atoms with Crippen LogP contribution in [0.2, 0.25) is 0 Å². The van der Waals surface area contributed by atoms with Crippen molar-refractivity contribution in [2.24, 2.45) is 0 Å². The fourth-order valence-electron chi connectivity index (χ4n) is 0. The van der Waals surface area contributed by atoms with Crippen LogP contribution in [0.25, 0.3) is 0 Å². The number of hydrogen-bond donors (Lipinski definition) is 0. The zero-order valence-corrected chi connectivity index (χ0v) is 3.13. The molecule has 0 aromatic rings. The van der Waals surface area contributed by atoms with Crippen LogP contribution in [-0.4, -0.2) is 17.3 Å². The van der Waals surface area contributed by atoms with Gasteiger partial charge in [0.15, 0.2) is 0 Å². The average molecular weight is 86.5 g/mol. The Hall–Kier alpha value is 0.210. The Balaban J connectivity index is -0.00000000500. The lowest BCUT2D eigenvalue weighted by Gasteiger charge is -1.06. The van der Waals surface area contributed by atoms with Gasteiger partial charge in [-0.15, -0.1) is 11.6 Å². The van der Waals surface area contributed by atoms with Crippen molar-refractivity contribution in [3.63, 3.8) is 0 Å². The van der Waals surface area contributed by atoms with Gasteiger partial charge in [-0.05, 0) is 0 Å². The van der Waals surface area contributed by atoms with Crippen molar-refractivity contribution in [3.8, 4) is 0 Å². The quantitative estimate of drug-likeness (QED) is 0.347. The van der Waals surface area contributed by atoms with Gasteiger partial charge < -0.3 is 11.0 Å². The van der Waals surface area contributed by atoms with Crippen molar-refractivity contribution in [2.75, 3.05) is 6.38 Å². The second kappa shape index (κ2) is 356. The molecule has 2 nitrogen and oxygen atoms in total. The molecule has 0 aromatic carbocycles. The lowest BCUT2D eigenvalue weighted by molar-refractivity contribution is 0.823. The molecule has 0 aliphatic carbocycles. The van der Waals surface area contributed by atoms with Gasteiger partial charge in [0, 0.05) is 6.38 Å². The highest BCUT2D eigenvalue weighted by atomic mass is 35.5. The molecule has 0 atom stereocenters. The summed E-state index contributed by atoms with van der Waals surface area (Å²) in [6.45, 7) is 0. The van der Waals surface area contributed by atoms with Gasteiger partial charge in [0.1, 0.15) is 0 Å². The van der Waals surface area contributed by atoms with Gasteiger partial charge in [0.05, 0.1) is 0 Å². The standard InChI is InChI=1S/CH3Cl.2H2O/c1-2;;/h1H3;2*1H2. The van der Waals surface area contributed by atoms with Crippen LogP contribution in [0, 0.1) is 0 Å². The van der Waals surface area contributed by atoms with Crippen molar-refractivity contribution in [3.05, 3.63) is 0 Å². The van der Waals surface area contributed by atoms with E-state index in [-0.39, 0.29) is 11.0 Å². The molecule has 0 heterocycles. The van der Waals surface area contributed by atoms with E-state index in [9.17, 15) is 0 Å². The third-order valence-electron chi connectivity index (χ3n) is 0. The van der Waals surface area contributed by atoms with Crippen LogP contribution >= 0.6 is 11.6 Å². The Bertz CT molecular complexity index is 6.00. The molecule has 0 aliphatic heterocycles. The second-order valence-corrected chi connectivity index (χ2v) is 0. The fraction of sp³-hybridized carbons (Fsp3) is 1.00. The minimum Gasteiger partial charge on any atom is -0.412 e. The molecular weight excluding hydrogens is 79.5 g/mol. The highest BCUT2D eigenvalue weighted by Crippen LogP contribution is 1.34. The molecule has 0 radical (unpaired) electrons. The Morgan fingerprint density at radius 1 is 1.00 bits per heavy atom. The maximum Gasteiger partial charge on any atom is 0.0108 e. The fourth-order valence-corrected chi connectivity index (χ4v) is 0. The number of alkyl halides is 1. The van der Waals surface area contributed by atoms with E-state index in [1.165, 1.54) is 6.38 Å². The Morgan fingerprint density at radius 2 is 1.00 bits per heavy atom. The molecule has 0 aliphatic rings. The SMILES string of the molecule is CCl.O.O. The Labute approximate surface area is 30.0 Å². The van der Waals surface area contributed by atoms with E-state index in [0.717, 1.165) is 0 Å². The Kier molecular flexibility index (Phi) is 2630. The van der Waals surface area contributed by atoms with E-state index in [0.29, 0.717) is 0 Å². The van der Waals surface area contributed by atoms with E-state index in [4.69, 9.17) is 0 Å². The van der Waals surface area contributed by atoms with E-state index in [1.807, 2.05) is 0 Å². The molecular formula is CH7ClO2. The van der Waals surface area contributed by atoms with Crippen molar-refractivity contribution < 1.29 is 11.0 Å². The molecule has 0 spiro atoms. The minimum absolute atomic E-state index is 0. The predicted octanol–water partition coefficient (Wildman–Crippen LogP) is -0.794. The smallest absolute Gasteiger partial charge is 0.0108 e. The summed E-state index contributed by atoms with van der Waals surface area (Å²) in [5.74, 6) is 0. The van der Waals surface area contributed by atoms with Crippen molar-refractivity contribution >= 4 is 11.6 Å². The second-order valence-electron chi connectivity index (χ2n) is 0. The minimum atomic E-state index is 0. The topological polar surface area (TPSA) is 63.0 Å². The van der Waals surface area contributed by atoms with E-state index in [1.54, 1.807) is 0 Å². The zero-order chi connectivity index (χ0) is 2.00. The molecule has 0 bridgehead atoms. The van der Waals surface area contributed by atoms with Crippen LogP contribution in [0.1, 0.15) is 0 Å². The molecule has 0 aromatic heterocycles. The van der Waals surface area contributed by atoms with E-state index < -0.39 is 0 Å². The first-order valence-electron chi connectivity index (χ1n) is 0.378. The molecule has 0 unspecified atom stereocenters. The molecule has 0 saturated carbocycles. The van der Waals surface area contributed by atoms with E-state index >= 15 is 0 Å². The molecule has 0 amide bonds. The van der Waals surface area contributed by atoms with Crippen molar-refractivity contribution in [1.82, 2.24) is 0 Å². The number of hydrogen-bond acceptors (Lipinski definition) is 0. The summed E-state index contributed by atoms with van der Waals surface area (Å²) in [6, 6.07) is 0. The summed E-state index contributed by atoms with van der Waals surface area (Å²) >= 11 is 4.64. The zero-order valence-electron chi connectivity index (χ0n) is 2.38. The van der Waals surface area contributed by atoms with Crippen LogP contribution in [0.3, 0.4) is 0 Å². The summed E-state index contributed by atoms with van der Waals surface area (Å²) in [5.41, 5.74) is 0. The van der Waals surface area contributed by atoms with Crippen LogP contribution in [0.15, 0.2) is 0 Å². The summed E-state index contributed by atoms with van der Waals surface area (Å²) in [4.78, 5) is 0. The van der Waals surface area contributed by atoms with Gasteiger partial charge in [0.25, 0.3) is 0 Å². The van der Waals surface area contributed by atoms with Gasteiger partial charge in [0.2, 0.25) is 0 Å². The van der Waals surface area contributed by atoms with E-state index in [2.05, 4.69) is 11.6 Å². The highest BCUT2D eigenvalue weighted by molar-refractivity contribution is 6.15. The highest BCUT2D eigenvalue weighted by Gasteiger charge is 0.943. The molecule has 0 saturated heterocycles. The number of halogens is 1. The third-order valence-corrected chi connectivity index (χ3v) is 0. The lowest BCUT2D eigenvalue weighted by atomic mass is 12.0.